The number of thioether (sulfide) groups is 1. The van der Waals surface area contributed by atoms with Gasteiger partial charge in [-0.3, -0.25) is 0 Å². The SMILES string of the molecule is COCCNCc1ccc(N2CCSC(C)C2)cc1C. The molecule has 20 heavy (non-hydrogen) atoms. The number of rotatable bonds is 6. The Morgan fingerprint density at radius 1 is 1.45 bits per heavy atom. The fourth-order valence-electron chi connectivity index (χ4n) is 2.53. The fraction of sp³-hybridized carbons (Fsp3) is 0.625. The van der Waals surface area contributed by atoms with Gasteiger partial charge in [0.05, 0.1) is 6.61 Å². The van der Waals surface area contributed by atoms with Gasteiger partial charge in [0.25, 0.3) is 0 Å². The second-order valence-corrected chi connectivity index (χ2v) is 6.95. The third kappa shape index (κ3) is 4.40. The first-order valence-electron chi connectivity index (χ1n) is 7.36. The van der Waals surface area contributed by atoms with E-state index in [1.165, 1.54) is 29.1 Å². The van der Waals surface area contributed by atoms with Gasteiger partial charge in [-0.1, -0.05) is 13.0 Å². The Morgan fingerprint density at radius 2 is 2.30 bits per heavy atom. The number of benzene rings is 1. The van der Waals surface area contributed by atoms with Crippen LogP contribution in [0.5, 0.6) is 0 Å². The van der Waals surface area contributed by atoms with Crippen molar-refractivity contribution >= 4 is 17.4 Å². The molecule has 3 nitrogen and oxygen atoms in total. The number of methoxy groups -OCH3 is 1. The van der Waals surface area contributed by atoms with Gasteiger partial charge in [0.1, 0.15) is 0 Å². The maximum atomic E-state index is 5.05. The Bertz CT molecular complexity index is 425. The van der Waals surface area contributed by atoms with Crippen LogP contribution >= 0.6 is 11.8 Å². The molecule has 0 spiro atoms. The van der Waals surface area contributed by atoms with Crippen molar-refractivity contribution < 1.29 is 4.74 Å². The summed E-state index contributed by atoms with van der Waals surface area (Å²) in [5.41, 5.74) is 4.12. The smallest absolute Gasteiger partial charge is 0.0587 e. The first kappa shape index (κ1) is 15.7. The van der Waals surface area contributed by atoms with Crippen LogP contribution in [-0.4, -0.2) is 44.4 Å². The molecule has 0 aromatic heterocycles. The summed E-state index contributed by atoms with van der Waals surface area (Å²) in [4.78, 5) is 2.51. The van der Waals surface area contributed by atoms with Crippen molar-refractivity contribution in [2.75, 3.05) is 44.0 Å². The normalized spacial score (nSPS) is 19.4. The lowest BCUT2D eigenvalue weighted by atomic mass is 10.1. The van der Waals surface area contributed by atoms with E-state index >= 15 is 0 Å². The maximum absolute atomic E-state index is 5.05. The highest BCUT2D eigenvalue weighted by Crippen LogP contribution is 2.25. The minimum atomic E-state index is 0.736. The van der Waals surface area contributed by atoms with E-state index in [1.54, 1.807) is 7.11 Å². The van der Waals surface area contributed by atoms with Crippen molar-refractivity contribution in [3.63, 3.8) is 0 Å². The van der Waals surface area contributed by atoms with Crippen LogP contribution in [0.1, 0.15) is 18.1 Å². The molecule has 0 amide bonds. The van der Waals surface area contributed by atoms with Crippen LogP contribution in [0, 0.1) is 6.92 Å². The van der Waals surface area contributed by atoms with Gasteiger partial charge in [0, 0.05) is 50.0 Å². The van der Waals surface area contributed by atoms with Crippen LogP contribution in [0.3, 0.4) is 0 Å². The molecule has 2 rings (SSSR count). The van der Waals surface area contributed by atoms with E-state index in [9.17, 15) is 0 Å². The molecule has 1 heterocycles. The number of anilines is 1. The highest BCUT2D eigenvalue weighted by atomic mass is 32.2. The molecular formula is C16H26N2OS. The lowest BCUT2D eigenvalue weighted by Crippen LogP contribution is -2.36. The van der Waals surface area contributed by atoms with E-state index in [0.717, 1.165) is 31.5 Å². The molecule has 0 saturated carbocycles. The molecule has 1 saturated heterocycles. The summed E-state index contributed by atoms with van der Waals surface area (Å²) in [5, 5.41) is 4.14. The van der Waals surface area contributed by atoms with Gasteiger partial charge < -0.3 is 15.0 Å². The van der Waals surface area contributed by atoms with Crippen LogP contribution < -0.4 is 10.2 Å². The van der Waals surface area contributed by atoms with Crippen molar-refractivity contribution in [1.29, 1.82) is 0 Å². The molecule has 1 aromatic carbocycles. The van der Waals surface area contributed by atoms with Crippen molar-refractivity contribution in [2.24, 2.45) is 0 Å². The van der Waals surface area contributed by atoms with E-state index in [-0.39, 0.29) is 0 Å². The molecule has 0 aliphatic carbocycles. The fourth-order valence-corrected chi connectivity index (χ4v) is 3.54. The Morgan fingerprint density at radius 3 is 3.00 bits per heavy atom. The minimum absolute atomic E-state index is 0.736. The van der Waals surface area contributed by atoms with Crippen molar-refractivity contribution in [1.82, 2.24) is 5.32 Å². The van der Waals surface area contributed by atoms with Gasteiger partial charge in [-0.15, -0.1) is 0 Å². The molecule has 0 bridgehead atoms. The van der Waals surface area contributed by atoms with Crippen LogP contribution in [-0.2, 0) is 11.3 Å². The molecular weight excluding hydrogens is 268 g/mol. The van der Waals surface area contributed by atoms with E-state index in [4.69, 9.17) is 4.74 Å². The number of nitrogens with one attached hydrogen (secondary N) is 1. The van der Waals surface area contributed by atoms with Crippen LogP contribution in [0.25, 0.3) is 0 Å². The van der Waals surface area contributed by atoms with E-state index in [1.807, 2.05) is 0 Å². The molecule has 1 unspecified atom stereocenters. The Hall–Kier alpha value is -0.710. The summed E-state index contributed by atoms with van der Waals surface area (Å²) in [6.45, 7) is 9.44. The summed E-state index contributed by atoms with van der Waals surface area (Å²) in [6, 6.07) is 6.86. The monoisotopic (exact) mass is 294 g/mol. The zero-order valence-electron chi connectivity index (χ0n) is 12.8. The summed E-state index contributed by atoms with van der Waals surface area (Å²) >= 11 is 2.08. The molecule has 4 heteroatoms. The predicted molar refractivity (Wildman–Crippen MR) is 88.9 cm³/mol. The molecule has 1 aromatic rings. The lowest BCUT2D eigenvalue weighted by Gasteiger charge is -2.32. The zero-order valence-corrected chi connectivity index (χ0v) is 13.6. The number of hydrogen-bond acceptors (Lipinski definition) is 4. The van der Waals surface area contributed by atoms with Gasteiger partial charge in [-0.05, 0) is 30.2 Å². The summed E-state index contributed by atoms with van der Waals surface area (Å²) in [6.07, 6.45) is 0. The lowest BCUT2D eigenvalue weighted by molar-refractivity contribution is 0.199. The van der Waals surface area contributed by atoms with Crippen LogP contribution in [0.2, 0.25) is 0 Å². The Kier molecular flexibility index (Phi) is 6.20. The standard InChI is InChI=1S/C16H26N2OS/c1-13-10-16(18-7-9-20-14(2)12-18)5-4-15(13)11-17-6-8-19-3/h4-5,10,14,17H,6-9,11-12H2,1-3H3. The molecule has 1 atom stereocenters. The second-order valence-electron chi connectivity index (χ2n) is 5.41. The molecule has 1 aliphatic heterocycles. The topological polar surface area (TPSA) is 24.5 Å². The highest BCUT2D eigenvalue weighted by molar-refractivity contribution is 8.00. The molecule has 1 fully saturated rings. The quantitative estimate of drug-likeness (QED) is 0.815. The first-order valence-corrected chi connectivity index (χ1v) is 8.41. The average Bonchev–Trinajstić information content (AvgIpc) is 2.45. The van der Waals surface area contributed by atoms with Gasteiger partial charge >= 0.3 is 0 Å². The third-order valence-corrected chi connectivity index (χ3v) is 4.87. The molecule has 0 radical (unpaired) electrons. The van der Waals surface area contributed by atoms with E-state index in [0.29, 0.717) is 0 Å². The molecule has 112 valence electrons. The van der Waals surface area contributed by atoms with Crippen LogP contribution in [0.15, 0.2) is 18.2 Å². The third-order valence-electron chi connectivity index (χ3n) is 3.73. The summed E-state index contributed by atoms with van der Waals surface area (Å²) in [5.74, 6) is 1.24. The average molecular weight is 294 g/mol. The Balaban J connectivity index is 1.94. The van der Waals surface area contributed by atoms with Crippen LogP contribution in [0.4, 0.5) is 5.69 Å². The largest absolute Gasteiger partial charge is 0.383 e. The predicted octanol–water partition coefficient (Wildman–Crippen LogP) is 2.67. The van der Waals surface area contributed by atoms with Gasteiger partial charge in [-0.25, -0.2) is 0 Å². The van der Waals surface area contributed by atoms with Gasteiger partial charge in [0.15, 0.2) is 0 Å². The van der Waals surface area contributed by atoms with Crippen molar-refractivity contribution in [3.05, 3.63) is 29.3 Å². The number of ether oxygens (including phenoxy) is 1. The van der Waals surface area contributed by atoms with E-state index < -0.39 is 0 Å². The summed E-state index contributed by atoms with van der Waals surface area (Å²) < 4.78 is 5.05. The first-order chi connectivity index (χ1) is 9.70. The van der Waals surface area contributed by atoms with E-state index in [2.05, 4.69) is 54.0 Å². The van der Waals surface area contributed by atoms with Crippen molar-refractivity contribution in [2.45, 2.75) is 25.6 Å². The number of aryl methyl sites for hydroxylation is 1. The summed E-state index contributed by atoms with van der Waals surface area (Å²) in [7, 11) is 1.74. The molecule has 1 aliphatic rings. The zero-order chi connectivity index (χ0) is 14.4. The number of hydrogen-bond donors (Lipinski definition) is 1. The highest BCUT2D eigenvalue weighted by Gasteiger charge is 2.17. The van der Waals surface area contributed by atoms with Crippen molar-refractivity contribution in [3.8, 4) is 0 Å². The van der Waals surface area contributed by atoms with Gasteiger partial charge in [-0.2, -0.15) is 11.8 Å². The number of nitrogens with zero attached hydrogens (tertiary/aromatic N) is 1. The second kappa shape index (κ2) is 7.91. The molecule has 1 N–H and O–H groups in total. The minimum Gasteiger partial charge on any atom is -0.383 e. The van der Waals surface area contributed by atoms with Gasteiger partial charge in [0.2, 0.25) is 0 Å². The Labute approximate surface area is 127 Å². The maximum Gasteiger partial charge on any atom is 0.0587 e.